The first-order valence-electron chi connectivity index (χ1n) is 4.35. The molecule has 0 amide bonds. The lowest BCUT2D eigenvalue weighted by Gasteiger charge is -2.07. The summed E-state index contributed by atoms with van der Waals surface area (Å²) in [5.41, 5.74) is 0.944. The van der Waals surface area contributed by atoms with Crippen LogP contribution in [0.25, 0.3) is 11.1 Å². The first-order valence-corrected chi connectivity index (χ1v) is 6.18. The Hall–Kier alpha value is -0.390. The molecule has 1 nitrogen and oxygen atoms in total. The Morgan fingerprint density at radius 1 is 1.19 bits per heavy atom. The van der Waals surface area contributed by atoms with Crippen LogP contribution < -0.4 is 0 Å². The minimum absolute atomic E-state index is 0.385. The average Bonchev–Trinajstić information content (AvgIpc) is 2.23. The Balaban J connectivity index is 2.72. The van der Waals surface area contributed by atoms with Crippen LogP contribution in [0, 0.1) is 9.52 Å². The Labute approximate surface area is 116 Å². The predicted molar refractivity (Wildman–Crippen MR) is 72.4 cm³/mol. The maximum absolute atomic E-state index is 13.6. The summed E-state index contributed by atoms with van der Waals surface area (Å²) >= 11 is 13.9. The second-order valence-electron chi connectivity index (χ2n) is 3.08. The minimum Gasteiger partial charge on any atom is -0.228 e. The molecule has 0 saturated carbocycles. The first-order chi connectivity index (χ1) is 7.59. The highest BCUT2D eigenvalue weighted by molar-refractivity contribution is 14.1. The summed E-state index contributed by atoms with van der Waals surface area (Å²) in [6.07, 6.45) is 1.42. The summed E-state index contributed by atoms with van der Waals surface area (Å²) in [5, 5.41) is 0.965. The number of rotatable bonds is 1. The molecule has 0 fully saturated rings. The van der Waals surface area contributed by atoms with Crippen molar-refractivity contribution < 1.29 is 4.39 Å². The van der Waals surface area contributed by atoms with Crippen molar-refractivity contribution in [3.63, 3.8) is 0 Å². The van der Waals surface area contributed by atoms with Crippen LogP contribution in [0.3, 0.4) is 0 Å². The van der Waals surface area contributed by atoms with Crippen molar-refractivity contribution in [1.82, 2.24) is 4.98 Å². The van der Waals surface area contributed by atoms with E-state index in [0.717, 1.165) is 3.57 Å². The molecule has 0 aliphatic rings. The molecule has 2 aromatic rings. The third kappa shape index (κ3) is 2.31. The summed E-state index contributed by atoms with van der Waals surface area (Å²) in [6, 6.07) is 6.65. The van der Waals surface area contributed by atoms with Gasteiger partial charge in [0, 0.05) is 25.4 Å². The van der Waals surface area contributed by atoms with Gasteiger partial charge in [0.2, 0.25) is 5.95 Å². The average molecular weight is 368 g/mol. The molecule has 0 spiro atoms. The zero-order valence-electron chi connectivity index (χ0n) is 7.85. The van der Waals surface area contributed by atoms with Crippen LogP contribution in [0.15, 0.2) is 30.5 Å². The fraction of sp³-hybridized carbons (Fsp3) is 0. The van der Waals surface area contributed by atoms with E-state index >= 15 is 0 Å². The van der Waals surface area contributed by atoms with Crippen LogP contribution in [0.2, 0.25) is 10.0 Å². The van der Waals surface area contributed by atoms with Crippen molar-refractivity contribution >= 4 is 45.8 Å². The normalized spacial score (nSPS) is 10.5. The van der Waals surface area contributed by atoms with Gasteiger partial charge in [0.15, 0.2) is 0 Å². The summed E-state index contributed by atoms with van der Waals surface area (Å²) in [7, 11) is 0. The molecular weight excluding hydrogens is 363 g/mol. The van der Waals surface area contributed by atoms with E-state index in [1.807, 2.05) is 22.6 Å². The lowest BCUT2D eigenvalue weighted by molar-refractivity contribution is 0.586. The number of nitrogens with zero attached hydrogens (tertiary/aromatic N) is 1. The van der Waals surface area contributed by atoms with Gasteiger partial charge in [-0.3, -0.25) is 0 Å². The molecule has 0 unspecified atom stereocenters. The van der Waals surface area contributed by atoms with Crippen molar-refractivity contribution in [1.29, 1.82) is 0 Å². The second-order valence-corrected chi connectivity index (χ2v) is 5.09. The van der Waals surface area contributed by atoms with E-state index in [1.54, 1.807) is 24.3 Å². The van der Waals surface area contributed by atoms with Crippen LogP contribution in [0.1, 0.15) is 0 Å². The van der Waals surface area contributed by atoms with Gasteiger partial charge in [-0.15, -0.1) is 0 Å². The maximum atomic E-state index is 13.6. The van der Waals surface area contributed by atoms with Crippen LogP contribution in [-0.2, 0) is 0 Å². The first kappa shape index (κ1) is 12.1. The van der Waals surface area contributed by atoms with E-state index < -0.39 is 5.95 Å². The Kier molecular flexibility index (Phi) is 3.66. The Bertz CT molecular complexity index is 525. The molecule has 1 aromatic carbocycles. The minimum atomic E-state index is -0.545. The van der Waals surface area contributed by atoms with Gasteiger partial charge in [0.1, 0.15) is 0 Å². The number of hydrogen-bond acceptors (Lipinski definition) is 1. The monoisotopic (exact) mass is 367 g/mol. The molecule has 82 valence electrons. The van der Waals surface area contributed by atoms with Gasteiger partial charge < -0.3 is 0 Å². The lowest BCUT2D eigenvalue weighted by atomic mass is 10.1. The van der Waals surface area contributed by atoms with Crippen molar-refractivity contribution in [2.24, 2.45) is 0 Å². The van der Waals surface area contributed by atoms with Gasteiger partial charge in [0.05, 0.1) is 5.56 Å². The fourth-order valence-electron chi connectivity index (χ4n) is 1.34. The van der Waals surface area contributed by atoms with Gasteiger partial charge in [0.25, 0.3) is 0 Å². The van der Waals surface area contributed by atoms with Crippen LogP contribution in [-0.4, -0.2) is 4.98 Å². The van der Waals surface area contributed by atoms with Crippen LogP contribution in [0.4, 0.5) is 4.39 Å². The molecule has 0 saturated heterocycles. The van der Waals surface area contributed by atoms with E-state index in [4.69, 9.17) is 23.2 Å². The van der Waals surface area contributed by atoms with Crippen molar-refractivity contribution in [3.8, 4) is 11.1 Å². The summed E-state index contributed by atoms with van der Waals surface area (Å²) in [4.78, 5) is 3.61. The van der Waals surface area contributed by atoms with E-state index in [2.05, 4.69) is 4.98 Å². The third-order valence-corrected chi connectivity index (χ3v) is 3.52. The van der Waals surface area contributed by atoms with Crippen molar-refractivity contribution in [3.05, 3.63) is 50.0 Å². The van der Waals surface area contributed by atoms with Crippen molar-refractivity contribution in [2.75, 3.05) is 0 Å². The Morgan fingerprint density at radius 3 is 2.62 bits per heavy atom. The molecule has 2 rings (SSSR count). The molecule has 0 N–H and O–H groups in total. The number of benzene rings is 1. The molecule has 0 aliphatic carbocycles. The van der Waals surface area contributed by atoms with Gasteiger partial charge in [-0.2, -0.15) is 4.39 Å². The SMILES string of the molecule is Fc1nccc(I)c1-c1cc(Cl)ccc1Cl. The lowest BCUT2D eigenvalue weighted by Crippen LogP contribution is -1.92. The smallest absolute Gasteiger partial charge is 0.221 e. The Morgan fingerprint density at radius 2 is 1.94 bits per heavy atom. The zero-order valence-corrected chi connectivity index (χ0v) is 11.5. The number of hydrogen-bond donors (Lipinski definition) is 0. The predicted octanol–water partition coefficient (Wildman–Crippen LogP) is 4.80. The van der Waals surface area contributed by atoms with Gasteiger partial charge in [-0.1, -0.05) is 23.2 Å². The fourth-order valence-corrected chi connectivity index (χ4v) is 2.40. The molecule has 5 heteroatoms. The van der Waals surface area contributed by atoms with E-state index in [9.17, 15) is 4.39 Å². The molecule has 0 radical (unpaired) electrons. The maximum Gasteiger partial charge on any atom is 0.221 e. The van der Waals surface area contributed by atoms with Gasteiger partial charge in [-0.05, 0) is 46.9 Å². The highest BCUT2D eigenvalue weighted by atomic mass is 127. The standard InChI is InChI=1S/C11H5Cl2FIN/c12-6-1-2-8(13)7(5-6)10-9(15)3-4-16-11(10)14/h1-5H. The van der Waals surface area contributed by atoms with E-state index in [0.29, 0.717) is 21.2 Å². The molecule has 0 atom stereocenters. The largest absolute Gasteiger partial charge is 0.228 e. The molecule has 0 bridgehead atoms. The molecule has 0 aliphatic heterocycles. The summed E-state index contributed by atoms with van der Waals surface area (Å²) in [5.74, 6) is -0.545. The molecule has 1 aromatic heterocycles. The second kappa shape index (κ2) is 4.85. The molecular formula is C11H5Cl2FIN. The zero-order chi connectivity index (χ0) is 11.7. The third-order valence-electron chi connectivity index (χ3n) is 2.05. The van der Waals surface area contributed by atoms with Crippen LogP contribution >= 0.6 is 45.8 Å². The molecule has 1 heterocycles. The van der Waals surface area contributed by atoms with Gasteiger partial charge >= 0.3 is 0 Å². The number of pyridine rings is 1. The van der Waals surface area contributed by atoms with Crippen LogP contribution in [0.5, 0.6) is 0 Å². The highest BCUT2D eigenvalue weighted by Crippen LogP contribution is 2.34. The quantitative estimate of drug-likeness (QED) is 0.521. The highest BCUT2D eigenvalue weighted by Gasteiger charge is 2.13. The number of halogens is 4. The number of aromatic nitrogens is 1. The van der Waals surface area contributed by atoms with Gasteiger partial charge in [-0.25, -0.2) is 4.98 Å². The topological polar surface area (TPSA) is 12.9 Å². The van der Waals surface area contributed by atoms with Crippen molar-refractivity contribution in [2.45, 2.75) is 0 Å². The summed E-state index contributed by atoms with van der Waals surface area (Å²) in [6.45, 7) is 0. The molecule has 16 heavy (non-hydrogen) atoms. The van der Waals surface area contributed by atoms with E-state index in [1.165, 1.54) is 6.20 Å². The summed E-state index contributed by atoms with van der Waals surface area (Å²) < 4.78 is 14.4. The van der Waals surface area contributed by atoms with E-state index in [-0.39, 0.29) is 0 Å².